The van der Waals surface area contributed by atoms with Crippen molar-refractivity contribution in [3.63, 3.8) is 0 Å². The minimum absolute atomic E-state index is 0.00208. The molecule has 0 heterocycles. The molecule has 35 heavy (non-hydrogen) atoms. The molecule has 3 aromatic rings. The maximum absolute atomic E-state index is 13.3. The Hall–Kier alpha value is -3.76. The van der Waals surface area contributed by atoms with Crippen LogP contribution in [-0.4, -0.2) is 26.4 Å². The van der Waals surface area contributed by atoms with Crippen molar-refractivity contribution in [2.45, 2.75) is 37.9 Å². The van der Waals surface area contributed by atoms with E-state index in [0.717, 1.165) is 0 Å². The summed E-state index contributed by atoms with van der Waals surface area (Å²) in [6, 6.07) is 17.9. The molecule has 0 saturated heterocycles. The molecule has 184 valence electrons. The number of urea groups is 1. The smallest absolute Gasteiger partial charge is 0.319 e. The molecule has 0 fully saturated rings. The van der Waals surface area contributed by atoms with Crippen molar-refractivity contribution in [1.29, 1.82) is 0 Å². The van der Waals surface area contributed by atoms with Gasteiger partial charge in [0.1, 0.15) is 5.82 Å². The maximum atomic E-state index is 13.3. The van der Waals surface area contributed by atoms with Crippen LogP contribution < -0.4 is 20.7 Å². The summed E-state index contributed by atoms with van der Waals surface area (Å²) in [6.07, 6.45) is 0. The molecule has 0 aliphatic carbocycles. The SMILES string of the molecule is CC(C)NC(=O)Nc1ccc(C(=O)NCc2cccc(S(=O)(=O)NCc3cccc(F)c3)c2)cc1. The summed E-state index contributed by atoms with van der Waals surface area (Å²) in [4.78, 5) is 24.3. The molecule has 0 radical (unpaired) electrons. The predicted octanol–water partition coefficient (Wildman–Crippen LogP) is 3.76. The molecular formula is C25H27FN4O4S. The molecule has 0 aromatic heterocycles. The lowest BCUT2D eigenvalue weighted by atomic mass is 10.1. The van der Waals surface area contributed by atoms with Gasteiger partial charge in [-0.05, 0) is 73.5 Å². The summed E-state index contributed by atoms with van der Waals surface area (Å²) in [6.45, 7) is 3.76. The van der Waals surface area contributed by atoms with Crippen molar-refractivity contribution in [2.24, 2.45) is 0 Å². The van der Waals surface area contributed by atoms with Crippen molar-refractivity contribution in [3.8, 4) is 0 Å². The number of carbonyl (C=O) groups is 2. The van der Waals surface area contributed by atoms with Crippen LogP contribution >= 0.6 is 0 Å². The third kappa shape index (κ3) is 7.90. The number of amides is 3. The van der Waals surface area contributed by atoms with Gasteiger partial charge in [-0.2, -0.15) is 0 Å². The fourth-order valence-electron chi connectivity index (χ4n) is 3.15. The van der Waals surface area contributed by atoms with Gasteiger partial charge in [0.15, 0.2) is 0 Å². The van der Waals surface area contributed by atoms with Gasteiger partial charge in [-0.15, -0.1) is 0 Å². The maximum Gasteiger partial charge on any atom is 0.319 e. The first-order valence-electron chi connectivity index (χ1n) is 10.9. The molecule has 0 unspecified atom stereocenters. The molecule has 3 rings (SSSR count). The first-order chi connectivity index (χ1) is 16.6. The van der Waals surface area contributed by atoms with Crippen LogP contribution in [0.15, 0.2) is 77.7 Å². The number of nitrogens with one attached hydrogen (secondary N) is 4. The van der Waals surface area contributed by atoms with E-state index in [1.807, 2.05) is 13.8 Å². The molecule has 4 N–H and O–H groups in total. The molecule has 0 saturated carbocycles. The van der Waals surface area contributed by atoms with E-state index in [9.17, 15) is 22.4 Å². The number of rotatable bonds is 9. The van der Waals surface area contributed by atoms with Crippen LogP contribution in [0, 0.1) is 5.82 Å². The zero-order chi connectivity index (χ0) is 25.4. The first-order valence-corrected chi connectivity index (χ1v) is 12.4. The van der Waals surface area contributed by atoms with E-state index in [-0.39, 0.29) is 36.0 Å². The lowest BCUT2D eigenvalue weighted by Gasteiger charge is -2.11. The number of benzene rings is 3. The van der Waals surface area contributed by atoms with Gasteiger partial charge in [-0.25, -0.2) is 22.3 Å². The van der Waals surface area contributed by atoms with Gasteiger partial charge < -0.3 is 16.0 Å². The van der Waals surface area contributed by atoms with Crippen LogP contribution in [0.3, 0.4) is 0 Å². The average molecular weight is 499 g/mol. The van der Waals surface area contributed by atoms with Gasteiger partial charge >= 0.3 is 6.03 Å². The van der Waals surface area contributed by atoms with Crippen molar-refractivity contribution < 1.29 is 22.4 Å². The molecule has 8 nitrogen and oxygen atoms in total. The van der Waals surface area contributed by atoms with Gasteiger partial charge in [0.2, 0.25) is 10.0 Å². The second-order valence-electron chi connectivity index (χ2n) is 8.12. The number of carbonyl (C=O) groups excluding carboxylic acids is 2. The van der Waals surface area contributed by atoms with Crippen LogP contribution in [0.1, 0.15) is 35.3 Å². The van der Waals surface area contributed by atoms with Gasteiger partial charge in [0, 0.05) is 30.4 Å². The van der Waals surface area contributed by atoms with Crippen molar-refractivity contribution in [1.82, 2.24) is 15.4 Å². The Morgan fingerprint density at radius 1 is 0.886 bits per heavy atom. The monoisotopic (exact) mass is 498 g/mol. The molecule has 0 atom stereocenters. The van der Waals surface area contributed by atoms with E-state index in [0.29, 0.717) is 22.4 Å². The summed E-state index contributed by atoms with van der Waals surface area (Å²) >= 11 is 0. The number of sulfonamides is 1. The largest absolute Gasteiger partial charge is 0.348 e. The van der Waals surface area contributed by atoms with Crippen molar-refractivity contribution in [3.05, 3.63) is 95.3 Å². The van der Waals surface area contributed by atoms with Crippen molar-refractivity contribution >= 4 is 27.6 Å². The average Bonchev–Trinajstić information content (AvgIpc) is 2.81. The second-order valence-corrected chi connectivity index (χ2v) is 9.88. The molecule has 0 aliphatic heterocycles. The van der Waals surface area contributed by atoms with Crippen molar-refractivity contribution in [2.75, 3.05) is 5.32 Å². The Labute approximate surface area is 204 Å². The van der Waals surface area contributed by atoms with E-state index in [2.05, 4.69) is 20.7 Å². The summed E-state index contributed by atoms with van der Waals surface area (Å²) in [5, 5.41) is 8.14. The number of hydrogen-bond donors (Lipinski definition) is 4. The summed E-state index contributed by atoms with van der Waals surface area (Å²) < 4.78 is 41.1. The lowest BCUT2D eigenvalue weighted by Crippen LogP contribution is -2.34. The van der Waals surface area contributed by atoms with Crippen LogP contribution in [0.2, 0.25) is 0 Å². The highest BCUT2D eigenvalue weighted by molar-refractivity contribution is 7.89. The molecule has 10 heteroatoms. The number of hydrogen-bond acceptors (Lipinski definition) is 4. The summed E-state index contributed by atoms with van der Waals surface area (Å²) in [5.74, 6) is -0.789. The van der Waals surface area contributed by atoms with Gasteiger partial charge in [-0.3, -0.25) is 4.79 Å². The Kier molecular flexibility index (Phi) is 8.56. The fraction of sp³-hybridized carbons (Fsp3) is 0.200. The highest BCUT2D eigenvalue weighted by Gasteiger charge is 2.15. The van der Waals surface area contributed by atoms with Gasteiger partial charge in [0.05, 0.1) is 4.90 Å². The van der Waals surface area contributed by atoms with E-state index in [1.165, 1.54) is 30.3 Å². The van der Waals surface area contributed by atoms with E-state index < -0.39 is 15.8 Å². The molecule has 0 aliphatic rings. The molecular weight excluding hydrogens is 471 g/mol. The Bertz CT molecular complexity index is 1290. The third-order valence-electron chi connectivity index (χ3n) is 4.84. The second kappa shape index (κ2) is 11.6. The number of anilines is 1. The molecule has 0 spiro atoms. The van der Waals surface area contributed by atoms with Gasteiger partial charge in [-0.1, -0.05) is 24.3 Å². The highest BCUT2D eigenvalue weighted by atomic mass is 32.2. The fourth-order valence-corrected chi connectivity index (χ4v) is 4.24. The van der Waals surface area contributed by atoms with Crippen LogP contribution in [0.4, 0.5) is 14.9 Å². The van der Waals surface area contributed by atoms with Crippen LogP contribution in [0.25, 0.3) is 0 Å². The van der Waals surface area contributed by atoms with Crippen LogP contribution in [-0.2, 0) is 23.1 Å². The highest BCUT2D eigenvalue weighted by Crippen LogP contribution is 2.14. The van der Waals surface area contributed by atoms with E-state index >= 15 is 0 Å². The molecule has 3 amide bonds. The number of halogens is 1. The van der Waals surface area contributed by atoms with E-state index in [1.54, 1.807) is 42.5 Å². The summed E-state index contributed by atoms with van der Waals surface area (Å²) in [5.41, 5.74) is 2.03. The predicted molar refractivity (Wildman–Crippen MR) is 132 cm³/mol. The van der Waals surface area contributed by atoms with Crippen LogP contribution in [0.5, 0.6) is 0 Å². The van der Waals surface area contributed by atoms with Gasteiger partial charge in [0.25, 0.3) is 5.91 Å². The lowest BCUT2D eigenvalue weighted by molar-refractivity contribution is 0.0951. The topological polar surface area (TPSA) is 116 Å². The zero-order valence-electron chi connectivity index (χ0n) is 19.3. The summed E-state index contributed by atoms with van der Waals surface area (Å²) in [7, 11) is -3.83. The first kappa shape index (κ1) is 25.9. The van der Waals surface area contributed by atoms with E-state index in [4.69, 9.17) is 0 Å². The zero-order valence-corrected chi connectivity index (χ0v) is 20.2. The minimum Gasteiger partial charge on any atom is -0.348 e. The minimum atomic E-state index is -3.83. The molecule has 0 bridgehead atoms. The standard InChI is InChI=1S/C25H27FN4O4S/c1-17(2)29-25(32)30-22-11-9-20(10-12-22)24(31)27-15-19-6-4-8-23(14-19)35(33,34)28-16-18-5-3-7-21(26)13-18/h3-14,17,28H,15-16H2,1-2H3,(H,27,31)(H2,29,30,32). The Morgan fingerprint density at radius 3 is 2.20 bits per heavy atom. The normalized spacial score (nSPS) is 11.2. The Morgan fingerprint density at radius 2 is 1.54 bits per heavy atom. The molecule has 3 aromatic carbocycles. The quantitative estimate of drug-likeness (QED) is 0.359. The third-order valence-corrected chi connectivity index (χ3v) is 6.24. The Balaban J connectivity index is 1.57.